The molecular formula is C20H18BNO2. The zero-order valence-corrected chi connectivity index (χ0v) is 13.7. The van der Waals surface area contributed by atoms with Gasteiger partial charge >= 0.3 is 6.92 Å². The van der Waals surface area contributed by atoms with Crippen LogP contribution in [0.1, 0.15) is 0 Å². The lowest BCUT2D eigenvalue weighted by atomic mass is 9.64. The van der Waals surface area contributed by atoms with E-state index in [4.69, 9.17) is 4.74 Å². The number of rotatable bonds is 3. The molecule has 1 heterocycles. The van der Waals surface area contributed by atoms with E-state index in [0.29, 0.717) is 0 Å². The molecule has 0 bridgehead atoms. The summed E-state index contributed by atoms with van der Waals surface area (Å²) in [6, 6.07) is 20.6. The maximum absolute atomic E-state index is 9.93. The number of aromatic amines is 1. The Hall–Kier alpha value is -2.72. The van der Waals surface area contributed by atoms with E-state index in [1.165, 1.54) is 10.8 Å². The minimum atomic E-state index is -0.532. The van der Waals surface area contributed by atoms with Crippen LogP contribution in [0, 0.1) is 0 Å². The van der Waals surface area contributed by atoms with E-state index in [-0.39, 0.29) is 0 Å². The molecule has 0 unspecified atom stereocenters. The molecule has 0 aliphatic heterocycles. The number of fused-ring (bicyclic) bond motifs is 3. The van der Waals surface area contributed by atoms with E-state index in [1.54, 1.807) is 13.9 Å². The number of hydrogen-bond donors (Lipinski definition) is 2. The standard InChI is InChI=1S/C20H18BNO2/c1-21(23)15-9-14(10-16(12-15)24-2)13-7-8-20-18(11-13)17-5-3-4-6-19(17)22-20/h3-12,22-23H,1-2H3. The maximum atomic E-state index is 9.93. The van der Waals surface area contributed by atoms with Gasteiger partial charge in [-0.3, -0.25) is 0 Å². The minimum Gasteiger partial charge on any atom is -0.497 e. The number of para-hydroxylation sites is 1. The largest absolute Gasteiger partial charge is 0.497 e. The van der Waals surface area contributed by atoms with Crippen LogP contribution in [-0.4, -0.2) is 24.0 Å². The molecule has 24 heavy (non-hydrogen) atoms. The third-order valence-electron chi connectivity index (χ3n) is 4.49. The molecule has 4 rings (SSSR count). The van der Waals surface area contributed by atoms with Gasteiger partial charge in [0.1, 0.15) is 5.75 Å². The molecular weight excluding hydrogens is 297 g/mol. The van der Waals surface area contributed by atoms with E-state index < -0.39 is 6.92 Å². The molecule has 0 saturated carbocycles. The van der Waals surface area contributed by atoms with Crippen molar-refractivity contribution in [3.05, 3.63) is 60.7 Å². The number of nitrogens with one attached hydrogen (secondary N) is 1. The lowest BCUT2D eigenvalue weighted by molar-refractivity contribution is 0.415. The van der Waals surface area contributed by atoms with Crippen LogP contribution in [0.3, 0.4) is 0 Å². The van der Waals surface area contributed by atoms with Gasteiger partial charge < -0.3 is 14.7 Å². The topological polar surface area (TPSA) is 45.2 Å². The summed E-state index contributed by atoms with van der Waals surface area (Å²) in [7, 11) is 1.65. The summed E-state index contributed by atoms with van der Waals surface area (Å²) in [4.78, 5) is 3.44. The first kappa shape index (κ1) is 14.9. The second-order valence-electron chi connectivity index (χ2n) is 6.10. The second-order valence-corrected chi connectivity index (χ2v) is 6.10. The van der Waals surface area contributed by atoms with Gasteiger partial charge in [0.25, 0.3) is 0 Å². The highest BCUT2D eigenvalue weighted by atomic mass is 16.5. The van der Waals surface area contributed by atoms with Crippen molar-refractivity contribution in [2.24, 2.45) is 0 Å². The number of benzene rings is 3. The SMILES string of the molecule is COc1cc(B(C)O)cc(-c2ccc3[nH]c4ccccc4c3c2)c1. The van der Waals surface area contributed by atoms with Crippen molar-refractivity contribution in [2.45, 2.75) is 6.82 Å². The Balaban J connectivity index is 1.93. The molecule has 118 valence electrons. The molecule has 4 aromatic rings. The summed E-state index contributed by atoms with van der Waals surface area (Å²) >= 11 is 0. The van der Waals surface area contributed by atoms with Gasteiger partial charge in [0.05, 0.1) is 7.11 Å². The van der Waals surface area contributed by atoms with Crippen LogP contribution in [0.25, 0.3) is 32.9 Å². The van der Waals surface area contributed by atoms with Gasteiger partial charge in [0.15, 0.2) is 0 Å². The summed E-state index contributed by atoms with van der Waals surface area (Å²) in [6.07, 6.45) is 0. The first-order valence-corrected chi connectivity index (χ1v) is 8.03. The minimum absolute atomic E-state index is 0.532. The molecule has 0 aliphatic rings. The van der Waals surface area contributed by atoms with Crippen LogP contribution in [0.5, 0.6) is 5.75 Å². The predicted octanol–water partition coefficient (Wildman–Crippen LogP) is 3.82. The van der Waals surface area contributed by atoms with Gasteiger partial charge in [0.2, 0.25) is 0 Å². The van der Waals surface area contributed by atoms with Crippen LogP contribution < -0.4 is 10.2 Å². The zero-order valence-electron chi connectivity index (χ0n) is 13.7. The highest BCUT2D eigenvalue weighted by Crippen LogP contribution is 2.31. The molecule has 3 aromatic carbocycles. The molecule has 0 saturated heterocycles. The van der Waals surface area contributed by atoms with Crippen LogP contribution in [0.4, 0.5) is 0 Å². The van der Waals surface area contributed by atoms with Crippen molar-refractivity contribution in [1.29, 1.82) is 0 Å². The van der Waals surface area contributed by atoms with Crippen molar-refractivity contribution < 1.29 is 9.76 Å². The molecule has 0 spiro atoms. The summed E-state index contributed by atoms with van der Waals surface area (Å²) < 4.78 is 5.39. The summed E-state index contributed by atoms with van der Waals surface area (Å²) in [6.45, 7) is 1.23. The Bertz CT molecular complexity index is 1040. The Kier molecular flexibility index (Phi) is 3.55. The van der Waals surface area contributed by atoms with Gasteiger partial charge in [-0.05, 0) is 46.9 Å². The summed E-state index contributed by atoms with van der Waals surface area (Å²) in [5.41, 5.74) is 5.26. The highest BCUT2D eigenvalue weighted by Gasteiger charge is 2.12. The first-order valence-electron chi connectivity index (χ1n) is 8.03. The van der Waals surface area contributed by atoms with Gasteiger partial charge in [-0.25, -0.2) is 0 Å². The first-order chi connectivity index (χ1) is 11.7. The van der Waals surface area contributed by atoms with Crippen LogP contribution in [0.2, 0.25) is 6.82 Å². The summed E-state index contributed by atoms with van der Waals surface area (Å²) in [5.74, 6) is 0.752. The van der Waals surface area contributed by atoms with E-state index in [1.807, 2.05) is 24.3 Å². The molecule has 0 amide bonds. The Labute approximate surface area is 141 Å². The summed E-state index contributed by atoms with van der Waals surface area (Å²) in [5, 5.41) is 12.3. The molecule has 0 aliphatic carbocycles. The quantitative estimate of drug-likeness (QED) is 0.565. The Morgan fingerprint density at radius 3 is 2.46 bits per heavy atom. The fraction of sp³-hybridized carbons (Fsp3) is 0.100. The highest BCUT2D eigenvalue weighted by molar-refractivity contribution is 6.65. The Morgan fingerprint density at radius 2 is 1.67 bits per heavy atom. The monoisotopic (exact) mass is 315 g/mol. The second kappa shape index (κ2) is 5.73. The molecule has 3 nitrogen and oxygen atoms in total. The molecule has 0 radical (unpaired) electrons. The van der Waals surface area contributed by atoms with Crippen molar-refractivity contribution in [2.75, 3.05) is 7.11 Å². The van der Waals surface area contributed by atoms with E-state index >= 15 is 0 Å². The molecule has 1 aromatic heterocycles. The maximum Gasteiger partial charge on any atom is 0.320 e. The molecule has 0 fully saturated rings. The van der Waals surface area contributed by atoms with Crippen LogP contribution >= 0.6 is 0 Å². The average Bonchev–Trinajstić information content (AvgIpc) is 2.99. The number of ether oxygens (including phenoxy) is 1. The van der Waals surface area contributed by atoms with Crippen molar-refractivity contribution in [1.82, 2.24) is 4.98 Å². The lowest BCUT2D eigenvalue weighted by Gasteiger charge is -2.10. The van der Waals surface area contributed by atoms with E-state index in [0.717, 1.165) is 33.4 Å². The smallest absolute Gasteiger partial charge is 0.320 e. The van der Waals surface area contributed by atoms with Crippen LogP contribution in [-0.2, 0) is 0 Å². The molecule has 0 atom stereocenters. The van der Waals surface area contributed by atoms with Gasteiger partial charge in [0, 0.05) is 21.8 Å². The average molecular weight is 315 g/mol. The molecule has 2 N–H and O–H groups in total. The van der Waals surface area contributed by atoms with E-state index in [2.05, 4.69) is 41.4 Å². The van der Waals surface area contributed by atoms with Gasteiger partial charge in [-0.1, -0.05) is 37.2 Å². The van der Waals surface area contributed by atoms with Gasteiger partial charge in [-0.2, -0.15) is 0 Å². The lowest BCUT2D eigenvalue weighted by Crippen LogP contribution is -2.26. The third kappa shape index (κ3) is 2.45. The zero-order chi connectivity index (χ0) is 16.7. The third-order valence-corrected chi connectivity index (χ3v) is 4.49. The fourth-order valence-corrected chi connectivity index (χ4v) is 3.18. The van der Waals surface area contributed by atoms with E-state index in [9.17, 15) is 5.02 Å². The van der Waals surface area contributed by atoms with Crippen LogP contribution in [0.15, 0.2) is 60.7 Å². The number of methoxy groups -OCH3 is 1. The molecule has 4 heteroatoms. The van der Waals surface area contributed by atoms with Crippen molar-refractivity contribution in [3.8, 4) is 16.9 Å². The van der Waals surface area contributed by atoms with Crippen molar-refractivity contribution in [3.63, 3.8) is 0 Å². The predicted molar refractivity (Wildman–Crippen MR) is 101 cm³/mol. The fourth-order valence-electron chi connectivity index (χ4n) is 3.18. The Morgan fingerprint density at radius 1 is 0.875 bits per heavy atom. The normalized spacial score (nSPS) is 11.1. The van der Waals surface area contributed by atoms with Crippen molar-refractivity contribution >= 4 is 34.2 Å². The number of hydrogen-bond acceptors (Lipinski definition) is 2. The number of H-pyrrole nitrogens is 1. The number of aromatic nitrogens is 1. The van der Waals surface area contributed by atoms with Gasteiger partial charge in [-0.15, -0.1) is 0 Å².